The molecule has 4 rings (SSSR count). The third-order valence-corrected chi connectivity index (χ3v) is 4.96. The number of hydrogen-bond donors (Lipinski definition) is 1. The van der Waals surface area contributed by atoms with Gasteiger partial charge in [0.05, 0.1) is 0 Å². The molecule has 0 aromatic rings. The van der Waals surface area contributed by atoms with Crippen LogP contribution in [0.25, 0.3) is 0 Å². The molecule has 1 atom stereocenters. The largest absolute Gasteiger partial charge is 0.480 e. The Morgan fingerprint density at radius 2 is 1.69 bits per heavy atom. The van der Waals surface area contributed by atoms with E-state index in [1.165, 1.54) is 32.1 Å². The number of piperidine rings is 2. The number of carboxylic acid groups (broad SMARTS) is 1. The fourth-order valence-electron chi connectivity index (χ4n) is 4.59. The van der Waals surface area contributed by atoms with Crippen molar-refractivity contribution in [3.05, 3.63) is 0 Å². The predicted octanol–water partition coefficient (Wildman–Crippen LogP) is 2.11. The summed E-state index contributed by atoms with van der Waals surface area (Å²) in [5.41, 5.74) is 0. The normalized spacial score (nSPS) is 43.6. The second-order valence-corrected chi connectivity index (χ2v) is 5.93. The van der Waals surface area contributed by atoms with Gasteiger partial charge >= 0.3 is 5.97 Å². The Hall–Kier alpha value is -0.570. The molecule has 0 aromatic heterocycles. The van der Waals surface area contributed by atoms with E-state index in [4.69, 9.17) is 0 Å². The Balaban J connectivity index is 1.83. The van der Waals surface area contributed by atoms with Gasteiger partial charge in [-0.15, -0.1) is 0 Å². The topological polar surface area (TPSA) is 40.5 Å². The highest BCUT2D eigenvalue weighted by atomic mass is 16.4. The molecule has 2 heterocycles. The highest BCUT2D eigenvalue weighted by Crippen LogP contribution is 2.49. The summed E-state index contributed by atoms with van der Waals surface area (Å²) in [5, 5.41) is 9.32. The van der Waals surface area contributed by atoms with Crippen molar-refractivity contribution in [3.8, 4) is 0 Å². The lowest BCUT2D eigenvalue weighted by atomic mass is 9.63. The summed E-state index contributed by atoms with van der Waals surface area (Å²) in [6.07, 6.45) is 7.21. The summed E-state index contributed by atoms with van der Waals surface area (Å²) in [4.78, 5) is 13.7. The SMILES string of the molecule is CCC(C(=O)O)N1C2CC3CC(C2)CC1C3. The highest BCUT2D eigenvalue weighted by Gasteiger charge is 2.49. The molecular weight excluding hydrogens is 202 g/mol. The molecular formula is C13H21NO2. The lowest BCUT2D eigenvalue weighted by Crippen LogP contribution is -2.62. The molecule has 3 heteroatoms. The molecule has 2 saturated heterocycles. The number of hydrogen-bond acceptors (Lipinski definition) is 2. The molecule has 0 spiro atoms. The molecule has 4 fully saturated rings. The molecule has 2 saturated carbocycles. The van der Waals surface area contributed by atoms with E-state index in [-0.39, 0.29) is 6.04 Å². The summed E-state index contributed by atoms with van der Waals surface area (Å²) < 4.78 is 0. The Kier molecular flexibility index (Phi) is 2.46. The average molecular weight is 223 g/mol. The van der Waals surface area contributed by atoms with E-state index in [9.17, 15) is 9.90 Å². The van der Waals surface area contributed by atoms with Gasteiger partial charge in [-0.1, -0.05) is 6.92 Å². The molecule has 2 aliphatic heterocycles. The Bertz CT molecular complexity index is 274. The minimum absolute atomic E-state index is 0.227. The first-order valence-electron chi connectivity index (χ1n) is 6.69. The smallest absolute Gasteiger partial charge is 0.320 e. The van der Waals surface area contributed by atoms with Crippen molar-refractivity contribution in [1.82, 2.24) is 4.90 Å². The average Bonchev–Trinajstić information content (AvgIpc) is 2.21. The van der Waals surface area contributed by atoms with Gasteiger partial charge in [-0.25, -0.2) is 0 Å². The first kappa shape index (κ1) is 10.6. The van der Waals surface area contributed by atoms with Crippen LogP contribution in [-0.4, -0.2) is 34.1 Å². The van der Waals surface area contributed by atoms with E-state index < -0.39 is 5.97 Å². The monoisotopic (exact) mass is 223 g/mol. The number of carboxylic acids is 1. The fraction of sp³-hybridized carbons (Fsp3) is 0.923. The third-order valence-electron chi connectivity index (χ3n) is 4.96. The third kappa shape index (κ3) is 1.48. The number of aliphatic carboxylic acids is 1. The fourth-order valence-corrected chi connectivity index (χ4v) is 4.59. The summed E-state index contributed by atoms with van der Waals surface area (Å²) >= 11 is 0. The molecule has 90 valence electrons. The maximum atomic E-state index is 11.3. The number of rotatable bonds is 3. The molecule has 1 N–H and O–H groups in total. The minimum atomic E-state index is -0.616. The second-order valence-electron chi connectivity index (χ2n) is 5.93. The summed E-state index contributed by atoms with van der Waals surface area (Å²) in [6, 6.07) is 0.935. The van der Waals surface area contributed by atoms with Gasteiger partial charge in [0, 0.05) is 12.1 Å². The van der Waals surface area contributed by atoms with Gasteiger partial charge in [0.1, 0.15) is 6.04 Å². The van der Waals surface area contributed by atoms with Crippen molar-refractivity contribution in [1.29, 1.82) is 0 Å². The maximum Gasteiger partial charge on any atom is 0.320 e. The van der Waals surface area contributed by atoms with E-state index in [2.05, 4.69) is 4.90 Å². The van der Waals surface area contributed by atoms with Gasteiger partial charge in [0.2, 0.25) is 0 Å². The van der Waals surface area contributed by atoms with Gasteiger partial charge in [-0.05, 0) is 50.4 Å². The Labute approximate surface area is 96.8 Å². The molecule has 2 aliphatic carbocycles. The van der Waals surface area contributed by atoms with Gasteiger partial charge in [-0.3, -0.25) is 9.69 Å². The highest BCUT2D eigenvalue weighted by molar-refractivity contribution is 5.73. The van der Waals surface area contributed by atoms with Crippen molar-refractivity contribution in [2.24, 2.45) is 11.8 Å². The van der Waals surface area contributed by atoms with E-state index in [0.717, 1.165) is 18.3 Å². The van der Waals surface area contributed by atoms with Gasteiger partial charge in [-0.2, -0.15) is 0 Å². The predicted molar refractivity (Wildman–Crippen MR) is 61.2 cm³/mol. The molecule has 3 nitrogen and oxygen atoms in total. The van der Waals surface area contributed by atoms with Crippen LogP contribution in [0.5, 0.6) is 0 Å². The van der Waals surface area contributed by atoms with Crippen LogP contribution in [0.3, 0.4) is 0 Å². The van der Waals surface area contributed by atoms with Crippen LogP contribution in [0.15, 0.2) is 0 Å². The summed E-state index contributed by atoms with van der Waals surface area (Å²) in [6.45, 7) is 2.00. The van der Waals surface area contributed by atoms with E-state index in [1.54, 1.807) is 0 Å². The van der Waals surface area contributed by atoms with Crippen LogP contribution < -0.4 is 0 Å². The Morgan fingerprint density at radius 1 is 1.19 bits per heavy atom. The van der Waals surface area contributed by atoms with Gasteiger partial charge in [0.15, 0.2) is 0 Å². The number of nitrogens with zero attached hydrogens (tertiary/aromatic N) is 1. The molecule has 0 aromatic carbocycles. The lowest BCUT2D eigenvalue weighted by Gasteiger charge is -2.58. The van der Waals surface area contributed by atoms with Crippen LogP contribution in [0.2, 0.25) is 0 Å². The number of carbonyl (C=O) groups is 1. The second kappa shape index (κ2) is 3.73. The van der Waals surface area contributed by atoms with E-state index in [0.29, 0.717) is 12.1 Å². The van der Waals surface area contributed by atoms with Gasteiger partial charge in [0.25, 0.3) is 0 Å². The van der Waals surface area contributed by atoms with Crippen molar-refractivity contribution in [3.63, 3.8) is 0 Å². The minimum Gasteiger partial charge on any atom is -0.480 e. The van der Waals surface area contributed by atoms with Crippen molar-refractivity contribution < 1.29 is 9.90 Å². The van der Waals surface area contributed by atoms with Crippen LogP contribution >= 0.6 is 0 Å². The van der Waals surface area contributed by atoms with Crippen LogP contribution in [0.1, 0.15) is 45.4 Å². The molecule has 4 aliphatic rings. The van der Waals surface area contributed by atoms with Crippen molar-refractivity contribution in [2.45, 2.75) is 63.6 Å². The zero-order chi connectivity index (χ0) is 11.3. The first-order valence-corrected chi connectivity index (χ1v) is 6.69. The van der Waals surface area contributed by atoms with E-state index in [1.807, 2.05) is 6.92 Å². The molecule has 0 radical (unpaired) electrons. The van der Waals surface area contributed by atoms with Gasteiger partial charge < -0.3 is 5.11 Å². The standard InChI is InChI=1S/C13H21NO2/c1-2-12(13(15)16)14-10-4-8-3-9(6-10)7-11(14)5-8/h8-12H,2-7H2,1H3,(H,15,16). The lowest BCUT2D eigenvalue weighted by molar-refractivity contribution is -0.154. The molecule has 4 bridgehead atoms. The molecule has 16 heavy (non-hydrogen) atoms. The molecule has 1 unspecified atom stereocenters. The van der Waals surface area contributed by atoms with Crippen LogP contribution in [-0.2, 0) is 4.79 Å². The first-order chi connectivity index (χ1) is 7.69. The van der Waals surface area contributed by atoms with Crippen LogP contribution in [0, 0.1) is 11.8 Å². The molecule has 0 amide bonds. The summed E-state index contributed by atoms with van der Waals surface area (Å²) in [7, 11) is 0. The zero-order valence-electron chi connectivity index (χ0n) is 9.93. The zero-order valence-corrected chi connectivity index (χ0v) is 9.93. The van der Waals surface area contributed by atoms with E-state index >= 15 is 0 Å². The quantitative estimate of drug-likeness (QED) is 0.796. The Morgan fingerprint density at radius 3 is 2.06 bits per heavy atom. The maximum absolute atomic E-state index is 11.3. The van der Waals surface area contributed by atoms with Crippen molar-refractivity contribution in [2.75, 3.05) is 0 Å². The van der Waals surface area contributed by atoms with Crippen molar-refractivity contribution >= 4 is 5.97 Å². The summed E-state index contributed by atoms with van der Waals surface area (Å²) in [5.74, 6) is 1.20. The van der Waals surface area contributed by atoms with Crippen LogP contribution in [0.4, 0.5) is 0 Å².